The number of nitrogens with zero attached hydrogens (tertiary/aromatic N) is 3. The monoisotopic (exact) mass is 477 g/mol. The van der Waals surface area contributed by atoms with Crippen LogP contribution in [0.15, 0.2) is 0 Å². The van der Waals surface area contributed by atoms with E-state index in [1.54, 1.807) is 0 Å². The molecule has 0 unspecified atom stereocenters. The van der Waals surface area contributed by atoms with Crippen molar-refractivity contribution >= 4 is 38.3 Å². The molecule has 2 bridgehead atoms. The summed E-state index contributed by atoms with van der Waals surface area (Å²) < 4.78 is 61.0. The summed E-state index contributed by atoms with van der Waals surface area (Å²) in [5.74, 6) is -1.44. The van der Waals surface area contributed by atoms with Gasteiger partial charge in [0.05, 0.1) is 12.3 Å². The second-order valence-electron chi connectivity index (χ2n) is 7.00. The van der Waals surface area contributed by atoms with E-state index in [0.717, 1.165) is 15.5 Å². The number of rotatable bonds is 5. The molecule has 0 aromatic carbocycles. The number of sulfonamides is 1. The van der Waals surface area contributed by atoms with Crippen LogP contribution in [0.3, 0.4) is 0 Å². The first-order chi connectivity index (χ1) is 13.4. The van der Waals surface area contributed by atoms with Crippen LogP contribution in [0, 0.1) is 0 Å². The van der Waals surface area contributed by atoms with Crippen molar-refractivity contribution < 1.29 is 69.6 Å². The molecule has 3 saturated heterocycles. The van der Waals surface area contributed by atoms with Crippen molar-refractivity contribution in [2.45, 2.75) is 43.8 Å². The number of amides is 4. The van der Waals surface area contributed by atoms with Crippen molar-refractivity contribution in [2.75, 3.05) is 19.3 Å². The molecule has 0 spiro atoms. The number of hydrogen-bond acceptors (Lipinski definition) is 9. The van der Waals surface area contributed by atoms with Crippen LogP contribution < -0.4 is 40.4 Å². The predicted molar refractivity (Wildman–Crippen MR) is 92.4 cm³/mol. The molecule has 3 heterocycles. The average molecular weight is 477 g/mol. The van der Waals surface area contributed by atoms with Gasteiger partial charge >= 0.3 is 35.6 Å². The molecule has 0 radical (unpaired) electrons. The van der Waals surface area contributed by atoms with Crippen LogP contribution in [0.25, 0.3) is 0 Å². The summed E-state index contributed by atoms with van der Waals surface area (Å²) in [5, 5.41) is 0.441. The summed E-state index contributed by atoms with van der Waals surface area (Å²) in [7, 11) is -8.73. The van der Waals surface area contributed by atoms with E-state index < -0.39 is 56.4 Å². The van der Waals surface area contributed by atoms with Gasteiger partial charge in [0, 0.05) is 13.1 Å². The van der Waals surface area contributed by atoms with Crippen LogP contribution in [-0.2, 0) is 34.3 Å². The number of hydrazine groups is 1. The Morgan fingerprint density at radius 1 is 1.07 bits per heavy atom. The van der Waals surface area contributed by atoms with Gasteiger partial charge < -0.3 is 9.45 Å². The quantitative estimate of drug-likeness (QED) is 0.168. The fraction of sp³-hybridized carbons (Fsp3) is 0.769. The smallest absolute Gasteiger partial charge is 0.724 e. The molecule has 0 aromatic heterocycles. The fourth-order valence-corrected chi connectivity index (χ4v) is 5.30. The van der Waals surface area contributed by atoms with Gasteiger partial charge in [0.1, 0.15) is 12.1 Å². The number of hydrogen-bond donors (Lipinski definition) is 2. The molecule has 3 atom stereocenters. The molecule has 3 fully saturated rings. The van der Waals surface area contributed by atoms with E-state index >= 15 is 0 Å². The Morgan fingerprint density at radius 3 is 2.23 bits per heavy atom. The number of urea groups is 1. The van der Waals surface area contributed by atoms with Crippen molar-refractivity contribution in [3.05, 3.63) is 0 Å². The van der Waals surface area contributed by atoms with Gasteiger partial charge in [-0.1, -0.05) is 0 Å². The Balaban J connectivity index is 0.00000320. The molecule has 0 aliphatic carbocycles. The molecule has 3 aliphatic rings. The van der Waals surface area contributed by atoms with E-state index in [1.165, 1.54) is 0 Å². The zero-order valence-electron chi connectivity index (χ0n) is 16.3. The Morgan fingerprint density at radius 2 is 1.67 bits per heavy atom. The minimum Gasteiger partial charge on any atom is -0.724 e. The molecule has 4 amide bonds. The summed E-state index contributed by atoms with van der Waals surface area (Å²) in [6.45, 7) is 0.181. The molecule has 30 heavy (non-hydrogen) atoms. The van der Waals surface area contributed by atoms with E-state index in [0.29, 0.717) is 17.9 Å². The molecule has 17 heteroatoms. The maximum atomic E-state index is 12.4. The molecular weight excluding hydrogens is 457 g/mol. The molecule has 3 aliphatic heterocycles. The predicted octanol–water partition coefficient (Wildman–Crippen LogP) is -5.78. The zero-order valence-corrected chi connectivity index (χ0v) is 19.9. The minimum absolute atomic E-state index is 0. The standard InChI is InChI=1S/C13H21N5O9S2.Na/c1-28(22,23)17-6-2-3-10(17)12(20)15-14-11(19)9-5-4-8-7-16(9)13(21)18(8)27-29(24,25)26;/h8-10H,2-7H2,1H3,(H,14,19)(H,15,20)(H,24,25,26);/q;+1/p-1/t8-,9-,10-;/m0./s1. The van der Waals surface area contributed by atoms with Crippen molar-refractivity contribution in [2.24, 2.45) is 0 Å². The van der Waals surface area contributed by atoms with Gasteiger partial charge in [-0.25, -0.2) is 21.6 Å². The SMILES string of the molecule is CS(=O)(=O)N1CCC[C@H]1C(=O)NNC(=O)[C@@H]1CC[C@H]2CN1C(=O)N2OS(=O)(=O)[O-].[Na+]. The number of fused-ring (bicyclic) bond motifs is 2. The van der Waals surface area contributed by atoms with Gasteiger partial charge in [-0.05, 0) is 25.7 Å². The largest absolute Gasteiger partial charge is 1.00 e. The molecule has 164 valence electrons. The normalized spacial score (nSPS) is 27.0. The van der Waals surface area contributed by atoms with Gasteiger partial charge in [-0.3, -0.25) is 20.4 Å². The first kappa shape index (κ1) is 25.3. The molecule has 0 saturated carbocycles. The van der Waals surface area contributed by atoms with Crippen LogP contribution in [0.4, 0.5) is 4.79 Å². The van der Waals surface area contributed by atoms with Crippen molar-refractivity contribution in [3.63, 3.8) is 0 Å². The average Bonchev–Trinajstić information content (AvgIpc) is 3.19. The van der Waals surface area contributed by atoms with Crippen molar-refractivity contribution in [1.29, 1.82) is 0 Å². The number of piperidine rings is 1. The molecule has 0 aromatic rings. The topological polar surface area (TPSA) is 186 Å². The van der Waals surface area contributed by atoms with E-state index in [4.69, 9.17) is 0 Å². The number of hydroxylamine groups is 2. The third kappa shape index (κ3) is 5.42. The Bertz CT molecular complexity index is 927. The third-order valence-electron chi connectivity index (χ3n) is 5.04. The van der Waals surface area contributed by atoms with Crippen LogP contribution in [0.2, 0.25) is 0 Å². The minimum atomic E-state index is -5.15. The van der Waals surface area contributed by atoms with E-state index in [1.807, 2.05) is 0 Å². The van der Waals surface area contributed by atoms with Crippen molar-refractivity contribution in [1.82, 2.24) is 25.1 Å². The summed E-state index contributed by atoms with van der Waals surface area (Å²) in [4.78, 5) is 38.0. The van der Waals surface area contributed by atoms with E-state index in [2.05, 4.69) is 15.1 Å². The number of nitrogens with one attached hydrogen (secondary N) is 2. The van der Waals surface area contributed by atoms with Gasteiger partial charge in [-0.2, -0.15) is 13.7 Å². The van der Waals surface area contributed by atoms with E-state index in [-0.39, 0.29) is 55.5 Å². The van der Waals surface area contributed by atoms with Crippen LogP contribution in [0.1, 0.15) is 25.7 Å². The van der Waals surface area contributed by atoms with Gasteiger partial charge in [0.2, 0.25) is 20.4 Å². The van der Waals surface area contributed by atoms with Gasteiger partial charge in [0.25, 0.3) is 11.8 Å². The maximum Gasteiger partial charge on any atom is 1.00 e. The zero-order chi connectivity index (χ0) is 21.6. The summed E-state index contributed by atoms with van der Waals surface area (Å²) in [5.41, 5.74) is 4.35. The molecular formula is C13H20N5NaO9S2. The first-order valence-corrected chi connectivity index (χ1v) is 11.9. The number of carbonyl (C=O) groups is 3. The second kappa shape index (κ2) is 9.23. The maximum absolute atomic E-state index is 12.4. The second-order valence-corrected chi connectivity index (χ2v) is 9.90. The van der Waals surface area contributed by atoms with Crippen LogP contribution >= 0.6 is 0 Å². The molecule has 14 nitrogen and oxygen atoms in total. The Labute approximate surface area is 195 Å². The van der Waals surface area contributed by atoms with Crippen LogP contribution in [0.5, 0.6) is 0 Å². The Kier molecular flexibility index (Phi) is 7.77. The molecule has 2 N–H and O–H groups in total. The van der Waals surface area contributed by atoms with E-state index in [9.17, 15) is 35.8 Å². The summed E-state index contributed by atoms with van der Waals surface area (Å²) in [6, 6.07) is -3.60. The third-order valence-corrected chi connectivity index (χ3v) is 6.67. The van der Waals surface area contributed by atoms with Crippen molar-refractivity contribution in [3.8, 4) is 0 Å². The fourth-order valence-electron chi connectivity index (χ4n) is 3.79. The summed E-state index contributed by atoms with van der Waals surface area (Å²) in [6.07, 6.45) is 2.15. The van der Waals surface area contributed by atoms with Gasteiger partial charge in [0.15, 0.2) is 0 Å². The Hall–Kier alpha value is -1.01. The van der Waals surface area contributed by atoms with Gasteiger partial charge in [-0.15, -0.1) is 0 Å². The molecule has 3 rings (SSSR count). The number of carbonyl (C=O) groups excluding carboxylic acids is 3. The first-order valence-electron chi connectivity index (χ1n) is 8.70. The summed E-state index contributed by atoms with van der Waals surface area (Å²) >= 11 is 0. The van der Waals surface area contributed by atoms with Crippen LogP contribution in [-0.4, -0.2) is 91.0 Å².